The molecule has 0 N–H and O–H groups in total. The Hall–Kier alpha value is -5.70. The van der Waals surface area contributed by atoms with Crippen molar-refractivity contribution in [3.05, 3.63) is 93.6 Å². The van der Waals surface area contributed by atoms with Crippen LogP contribution in [0.2, 0.25) is 0 Å². The van der Waals surface area contributed by atoms with E-state index in [1.165, 1.54) is 0 Å². The number of hydrogen-bond acceptors (Lipinski definition) is 8. The van der Waals surface area contributed by atoms with Gasteiger partial charge in [-0.2, -0.15) is 21.0 Å². The third-order valence-corrected chi connectivity index (χ3v) is 6.93. The Bertz CT molecular complexity index is 1620. The molecule has 0 aliphatic carbocycles. The summed E-state index contributed by atoms with van der Waals surface area (Å²) in [6.07, 6.45) is 1.36. The average molecular weight is 553 g/mol. The topological polar surface area (TPSA) is 139 Å². The fourth-order valence-electron chi connectivity index (χ4n) is 4.95. The molecule has 0 spiro atoms. The molecule has 2 heterocycles. The average Bonchev–Trinajstić information content (AvgIpc) is 2.98. The minimum Gasteiger partial charge on any atom is -0.493 e. The quantitative estimate of drug-likeness (QED) is 0.207. The van der Waals surface area contributed by atoms with Crippen LogP contribution < -0.4 is 9.47 Å². The van der Waals surface area contributed by atoms with Crippen molar-refractivity contribution in [1.82, 2.24) is 9.97 Å². The maximum absolute atomic E-state index is 9.82. The zero-order valence-electron chi connectivity index (χ0n) is 23.9. The highest BCUT2D eigenvalue weighted by Gasteiger charge is 2.21. The van der Waals surface area contributed by atoms with Crippen LogP contribution >= 0.6 is 0 Å². The number of nitrogens with zero attached hydrogens (tertiary/aromatic N) is 6. The third-order valence-electron chi connectivity index (χ3n) is 6.93. The summed E-state index contributed by atoms with van der Waals surface area (Å²) in [5.74, 6) is 1.16. The Morgan fingerprint density at radius 1 is 0.524 bits per heavy atom. The standard InChI is InChI=1S/C34H28N6O2/c1-21-27(17-35)33(28(18-36)22(2)39-21)25-11-5-7-13-31(25)41-15-9-10-16-42-32-14-8-6-12-26(32)34-29(19-37)23(3)40-24(4)30(34)20-38/h5-8,11-14H,9-10,15-16H2,1-4H3. The SMILES string of the molecule is Cc1nc(C)c(C#N)c(-c2ccccc2OCCCCOc2ccccc2-c2c(C#N)c(C)nc(C)c2C#N)c1C#N. The highest BCUT2D eigenvalue weighted by molar-refractivity contribution is 5.83. The smallest absolute Gasteiger partial charge is 0.127 e. The number of aryl methyl sites for hydroxylation is 4. The number of nitriles is 4. The maximum Gasteiger partial charge on any atom is 0.127 e. The Labute approximate surface area is 245 Å². The fourth-order valence-corrected chi connectivity index (χ4v) is 4.95. The molecule has 0 bridgehead atoms. The lowest BCUT2D eigenvalue weighted by atomic mass is 9.93. The molecular weight excluding hydrogens is 524 g/mol. The summed E-state index contributed by atoms with van der Waals surface area (Å²) in [4.78, 5) is 8.74. The van der Waals surface area contributed by atoms with Gasteiger partial charge in [0.2, 0.25) is 0 Å². The number of para-hydroxylation sites is 2. The summed E-state index contributed by atoms with van der Waals surface area (Å²) in [5, 5.41) is 39.3. The second-order valence-electron chi connectivity index (χ2n) is 9.66. The first-order chi connectivity index (χ1) is 20.4. The van der Waals surface area contributed by atoms with Crippen LogP contribution in [0, 0.1) is 73.0 Å². The number of benzene rings is 2. The van der Waals surface area contributed by atoms with E-state index in [9.17, 15) is 21.0 Å². The van der Waals surface area contributed by atoms with Crippen molar-refractivity contribution in [2.75, 3.05) is 13.2 Å². The van der Waals surface area contributed by atoms with Crippen molar-refractivity contribution in [1.29, 1.82) is 21.0 Å². The first-order valence-corrected chi connectivity index (χ1v) is 13.4. The first kappa shape index (κ1) is 29.3. The Morgan fingerprint density at radius 3 is 1.14 bits per heavy atom. The van der Waals surface area contributed by atoms with Gasteiger partial charge >= 0.3 is 0 Å². The lowest BCUT2D eigenvalue weighted by Crippen LogP contribution is -2.06. The zero-order valence-corrected chi connectivity index (χ0v) is 23.9. The van der Waals surface area contributed by atoms with Crippen LogP contribution in [0.3, 0.4) is 0 Å². The van der Waals surface area contributed by atoms with E-state index < -0.39 is 0 Å². The molecule has 0 aliphatic heterocycles. The van der Waals surface area contributed by atoms with Gasteiger partial charge in [-0.05, 0) is 52.7 Å². The normalized spacial score (nSPS) is 10.2. The van der Waals surface area contributed by atoms with Crippen molar-refractivity contribution < 1.29 is 9.47 Å². The Kier molecular flexibility index (Phi) is 9.14. The van der Waals surface area contributed by atoms with Crippen LogP contribution in [0.15, 0.2) is 48.5 Å². The van der Waals surface area contributed by atoms with Gasteiger partial charge in [-0.1, -0.05) is 36.4 Å². The van der Waals surface area contributed by atoms with E-state index in [0.717, 1.165) is 0 Å². The molecule has 4 rings (SSSR count). The van der Waals surface area contributed by atoms with E-state index in [0.29, 0.717) is 105 Å². The number of aromatic nitrogens is 2. The lowest BCUT2D eigenvalue weighted by Gasteiger charge is -2.17. The van der Waals surface area contributed by atoms with Crippen LogP contribution in [0.25, 0.3) is 22.3 Å². The molecule has 2 aromatic heterocycles. The zero-order chi connectivity index (χ0) is 30.2. The van der Waals surface area contributed by atoms with E-state index in [2.05, 4.69) is 34.2 Å². The van der Waals surface area contributed by atoms with Crippen molar-refractivity contribution in [2.45, 2.75) is 40.5 Å². The Balaban J connectivity index is 1.48. The molecular formula is C34H28N6O2. The summed E-state index contributed by atoms with van der Waals surface area (Å²) in [5.41, 5.74) is 6.13. The predicted molar refractivity (Wildman–Crippen MR) is 157 cm³/mol. The summed E-state index contributed by atoms with van der Waals surface area (Å²) in [7, 11) is 0. The van der Waals surface area contributed by atoms with Crippen molar-refractivity contribution in [3.63, 3.8) is 0 Å². The molecule has 0 radical (unpaired) electrons. The van der Waals surface area contributed by atoms with Gasteiger partial charge in [-0.25, -0.2) is 0 Å². The van der Waals surface area contributed by atoms with Gasteiger partial charge < -0.3 is 9.47 Å². The van der Waals surface area contributed by atoms with E-state index in [1.54, 1.807) is 27.7 Å². The van der Waals surface area contributed by atoms with Gasteiger partial charge in [0, 0.05) is 22.3 Å². The molecule has 4 aromatic rings. The second kappa shape index (κ2) is 13.1. The molecule has 8 heteroatoms. The molecule has 0 aliphatic rings. The lowest BCUT2D eigenvalue weighted by molar-refractivity contribution is 0.267. The van der Waals surface area contributed by atoms with Gasteiger partial charge in [0.25, 0.3) is 0 Å². The summed E-state index contributed by atoms with van der Waals surface area (Å²) >= 11 is 0. The highest BCUT2D eigenvalue weighted by atomic mass is 16.5. The van der Waals surface area contributed by atoms with Gasteiger partial charge in [0.1, 0.15) is 35.8 Å². The maximum atomic E-state index is 9.82. The number of pyridine rings is 2. The van der Waals surface area contributed by atoms with Crippen molar-refractivity contribution >= 4 is 0 Å². The molecule has 42 heavy (non-hydrogen) atoms. The minimum atomic E-state index is 0.360. The molecule has 0 fully saturated rings. The van der Waals surface area contributed by atoms with E-state index >= 15 is 0 Å². The largest absolute Gasteiger partial charge is 0.493 e. The molecule has 0 saturated carbocycles. The van der Waals surface area contributed by atoms with Crippen LogP contribution in [-0.4, -0.2) is 23.2 Å². The van der Waals surface area contributed by atoms with E-state index in [1.807, 2.05) is 48.5 Å². The number of unbranched alkanes of at least 4 members (excludes halogenated alkanes) is 1. The summed E-state index contributed by atoms with van der Waals surface area (Å²) < 4.78 is 12.3. The molecule has 0 saturated heterocycles. The van der Waals surface area contributed by atoms with Gasteiger partial charge in [0.15, 0.2) is 0 Å². The van der Waals surface area contributed by atoms with Gasteiger partial charge in [0.05, 0.1) is 58.2 Å². The van der Waals surface area contributed by atoms with Crippen molar-refractivity contribution in [3.8, 4) is 58.0 Å². The summed E-state index contributed by atoms with van der Waals surface area (Å²) in [6.45, 7) is 7.84. The fraction of sp³-hybridized carbons (Fsp3) is 0.235. The van der Waals surface area contributed by atoms with Crippen LogP contribution in [-0.2, 0) is 0 Å². The monoisotopic (exact) mass is 552 g/mol. The minimum absolute atomic E-state index is 0.360. The Morgan fingerprint density at radius 2 is 0.833 bits per heavy atom. The molecule has 0 amide bonds. The number of rotatable bonds is 9. The van der Waals surface area contributed by atoms with Gasteiger partial charge in [-0.15, -0.1) is 0 Å². The van der Waals surface area contributed by atoms with Gasteiger partial charge in [-0.3, -0.25) is 9.97 Å². The molecule has 0 atom stereocenters. The van der Waals surface area contributed by atoms with Crippen molar-refractivity contribution in [2.24, 2.45) is 0 Å². The van der Waals surface area contributed by atoms with Crippen LogP contribution in [0.4, 0.5) is 0 Å². The molecule has 0 unspecified atom stereocenters. The highest BCUT2D eigenvalue weighted by Crippen LogP contribution is 2.38. The first-order valence-electron chi connectivity index (χ1n) is 13.4. The molecule has 2 aromatic carbocycles. The van der Waals surface area contributed by atoms with Crippen LogP contribution in [0.5, 0.6) is 11.5 Å². The summed E-state index contributed by atoms with van der Waals surface area (Å²) in [6, 6.07) is 23.6. The third kappa shape index (κ3) is 5.75. The molecule has 206 valence electrons. The van der Waals surface area contributed by atoms with Crippen LogP contribution in [0.1, 0.15) is 57.9 Å². The molecule has 8 nitrogen and oxygen atoms in total. The number of ether oxygens (including phenoxy) is 2. The van der Waals surface area contributed by atoms with E-state index in [4.69, 9.17) is 9.47 Å². The van der Waals surface area contributed by atoms with E-state index in [-0.39, 0.29) is 0 Å². The number of hydrogen-bond donors (Lipinski definition) is 0. The predicted octanol–water partition coefficient (Wildman–Crippen LogP) is 6.77. The second-order valence-corrected chi connectivity index (χ2v) is 9.66.